The second kappa shape index (κ2) is 6.42. The highest BCUT2D eigenvalue weighted by Gasteiger charge is 2.39. The van der Waals surface area contributed by atoms with Gasteiger partial charge in [-0.25, -0.2) is 4.98 Å². The van der Waals surface area contributed by atoms with Crippen molar-refractivity contribution >= 4 is 28.3 Å². The van der Waals surface area contributed by atoms with Crippen molar-refractivity contribution in [1.29, 1.82) is 0 Å². The highest BCUT2D eigenvalue weighted by atomic mass is 32.1. The molecule has 7 heteroatoms. The Hall–Kier alpha value is -2.25. The Kier molecular flexibility index (Phi) is 4.02. The molecule has 1 N–H and O–H groups in total. The third-order valence-corrected chi connectivity index (χ3v) is 6.75. The van der Waals surface area contributed by atoms with Crippen LogP contribution in [0.15, 0.2) is 23.6 Å². The van der Waals surface area contributed by atoms with Crippen molar-refractivity contribution in [3.8, 4) is 10.6 Å². The Morgan fingerprint density at radius 1 is 1.30 bits per heavy atom. The van der Waals surface area contributed by atoms with Crippen LogP contribution in [0.3, 0.4) is 0 Å². The highest BCUT2D eigenvalue weighted by molar-refractivity contribution is 7.13. The van der Waals surface area contributed by atoms with Gasteiger partial charge in [0.05, 0.1) is 27.2 Å². The van der Waals surface area contributed by atoms with Crippen LogP contribution in [0.25, 0.3) is 21.6 Å². The van der Waals surface area contributed by atoms with Crippen molar-refractivity contribution in [2.24, 2.45) is 7.05 Å². The Morgan fingerprint density at radius 2 is 2.15 bits per heavy atom. The summed E-state index contributed by atoms with van der Waals surface area (Å²) in [6, 6.07) is 6.67. The number of aromatic nitrogens is 3. The standard InChI is InChI=1S/C20H23N5OS/c1-12-18-15(20(26)25-13-5-6-14(25)11-21-8-7-13)10-16(17-4-3-9-27-17)22-19(18)24(2)23-12/h3-4,9-10,13-14,21H,5-8,11H2,1-2H3. The number of nitrogens with one attached hydrogen (secondary N) is 1. The van der Waals surface area contributed by atoms with E-state index in [0.29, 0.717) is 6.04 Å². The second-order valence-electron chi connectivity index (χ2n) is 7.53. The van der Waals surface area contributed by atoms with Gasteiger partial charge >= 0.3 is 0 Å². The average Bonchev–Trinajstić information content (AvgIpc) is 3.33. The summed E-state index contributed by atoms with van der Waals surface area (Å²) in [5, 5.41) is 11.0. The van der Waals surface area contributed by atoms with Crippen LogP contribution in [0, 0.1) is 6.92 Å². The Morgan fingerprint density at radius 3 is 2.96 bits per heavy atom. The quantitative estimate of drug-likeness (QED) is 0.741. The van der Waals surface area contributed by atoms with Crippen LogP contribution < -0.4 is 5.32 Å². The molecule has 0 aliphatic carbocycles. The van der Waals surface area contributed by atoms with Crippen LogP contribution in [0.5, 0.6) is 0 Å². The molecule has 5 rings (SSSR count). The first kappa shape index (κ1) is 16.9. The van der Waals surface area contributed by atoms with Crippen LogP contribution in [0.4, 0.5) is 0 Å². The number of carbonyl (C=O) groups excluding carboxylic acids is 1. The molecule has 0 spiro atoms. The number of amides is 1. The molecular weight excluding hydrogens is 358 g/mol. The number of carbonyl (C=O) groups is 1. The summed E-state index contributed by atoms with van der Waals surface area (Å²) in [5.41, 5.74) is 3.24. The molecule has 3 aromatic heterocycles. The highest BCUT2D eigenvalue weighted by Crippen LogP contribution is 2.34. The van der Waals surface area contributed by atoms with Gasteiger partial charge in [-0.2, -0.15) is 5.10 Å². The van der Waals surface area contributed by atoms with E-state index in [1.54, 1.807) is 16.0 Å². The van der Waals surface area contributed by atoms with Gasteiger partial charge in [-0.3, -0.25) is 9.48 Å². The summed E-state index contributed by atoms with van der Waals surface area (Å²) in [5.74, 6) is 0.132. The van der Waals surface area contributed by atoms with E-state index in [-0.39, 0.29) is 11.9 Å². The zero-order valence-electron chi connectivity index (χ0n) is 15.6. The van der Waals surface area contributed by atoms with Gasteiger partial charge < -0.3 is 10.2 Å². The van der Waals surface area contributed by atoms with E-state index in [1.807, 2.05) is 31.5 Å². The van der Waals surface area contributed by atoms with Crippen molar-refractivity contribution in [3.63, 3.8) is 0 Å². The largest absolute Gasteiger partial charge is 0.331 e. The predicted octanol–water partition coefficient (Wildman–Crippen LogP) is 2.97. The number of thiophene rings is 1. The SMILES string of the molecule is Cc1nn(C)c2nc(-c3cccs3)cc(C(=O)N3C4CCNCC3CC4)c12. The summed E-state index contributed by atoms with van der Waals surface area (Å²) in [4.78, 5) is 21.8. The number of aryl methyl sites for hydroxylation is 2. The molecule has 27 heavy (non-hydrogen) atoms. The van der Waals surface area contributed by atoms with E-state index in [4.69, 9.17) is 4.98 Å². The van der Waals surface area contributed by atoms with Gasteiger partial charge in [0.2, 0.25) is 0 Å². The maximum atomic E-state index is 13.7. The first-order valence-corrected chi connectivity index (χ1v) is 10.4. The van der Waals surface area contributed by atoms with Crippen molar-refractivity contribution in [3.05, 3.63) is 34.8 Å². The molecule has 1 amide bonds. The maximum absolute atomic E-state index is 13.7. The number of hydrogen-bond donors (Lipinski definition) is 1. The number of fused-ring (bicyclic) bond motifs is 3. The lowest BCUT2D eigenvalue weighted by atomic mass is 10.1. The Balaban J connectivity index is 1.68. The minimum atomic E-state index is 0.132. The van der Waals surface area contributed by atoms with E-state index in [1.165, 1.54) is 0 Å². The molecule has 2 saturated heterocycles. The van der Waals surface area contributed by atoms with E-state index in [2.05, 4.69) is 21.4 Å². The molecule has 2 fully saturated rings. The van der Waals surface area contributed by atoms with Crippen molar-refractivity contribution in [2.45, 2.75) is 38.3 Å². The lowest BCUT2D eigenvalue weighted by Crippen LogP contribution is -2.42. The lowest BCUT2D eigenvalue weighted by molar-refractivity contribution is 0.0682. The summed E-state index contributed by atoms with van der Waals surface area (Å²) in [6.45, 7) is 3.84. The zero-order valence-corrected chi connectivity index (χ0v) is 16.4. The maximum Gasteiger partial charge on any atom is 0.255 e. The Bertz CT molecular complexity index is 995. The molecule has 2 atom stereocenters. The number of pyridine rings is 1. The third-order valence-electron chi connectivity index (χ3n) is 5.86. The van der Waals surface area contributed by atoms with Crippen LogP contribution in [0.1, 0.15) is 35.3 Å². The van der Waals surface area contributed by atoms with E-state index in [0.717, 1.165) is 65.2 Å². The van der Waals surface area contributed by atoms with Crippen LogP contribution in [-0.4, -0.2) is 50.7 Å². The van der Waals surface area contributed by atoms with Crippen LogP contribution in [-0.2, 0) is 7.05 Å². The second-order valence-corrected chi connectivity index (χ2v) is 8.48. The fraction of sp³-hybridized carbons (Fsp3) is 0.450. The van der Waals surface area contributed by atoms with Crippen molar-refractivity contribution in [1.82, 2.24) is 25.0 Å². The molecule has 2 aliphatic heterocycles. The predicted molar refractivity (Wildman–Crippen MR) is 107 cm³/mol. The molecule has 5 heterocycles. The van der Waals surface area contributed by atoms with Gasteiger partial charge in [0.1, 0.15) is 0 Å². The first-order chi connectivity index (χ1) is 13.1. The minimum absolute atomic E-state index is 0.132. The van der Waals surface area contributed by atoms with Gasteiger partial charge in [-0.05, 0) is 50.2 Å². The molecule has 140 valence electrons. The molecule has 2 unspecified atom stereocenters. The van der Waals surface area contributed by atoms with Gasteiger partial charge in [-0.15, -0.1) is 11.3 Å². The fourth-order valence-corrected chi connectivity index (χ4v) is 5.30. The smallest absolute Gasteiger partial charge is 0.255 e. The van der Waals surface area contributed by atoms with Gasteiger partial charge in [0.15, 0.2) is 5.65 Å². The normalized spacial score (nSPS) is 22.4. The van der Waals surface area contributed by atoms with E-state index in [9.17, 15) is 4.79 Å². The number of hydrogen-bond acceptors (Lipinski definition) is 5. The van der Waals surface area contributed by atoms with E-state index < -0.39 is 0 Å². The summed E-state index contributed by atoms with van der Waals surface area (Å²) in [7, 11) is 1.90. The zero-order chi connectivity index (χ0) is 18.5. The molecular formula is C20H23N5OS. The lowest BCUT2D eigenvalue weighted by Gasteiger charge is -2.28. The summed E-state index contributed by atoms with van der Waals surface area (Å²) in [6.07, 6.45) is 3.22. The first-order valence-electron chi connectivity index (χ1n) is 9.55. The topological polar surface area (TPSA) is 63.1 Å². The molecule has 2 bridgehead atoms. The van der Waals surface area contributed by atoms with Gasteiger partial charge in [-0.1, -0.05) is 6.07 Å². The van der Waals surface area contributed by atoms with Crippen LogP contribution >= 0.6 is 11.3 Å². The third kappa shape index (κ3) is 2.68. The van der Waals surface area contributed by atoms with Crippen molar-refractivity contribution in [2.75, 3.05) is 13.1 Å². The molecule has 0 saturated carbocycles. The summed E-state index contributed by atoms with van der Waals surface area (Å²) >= 11 is 1.64. The van der Waals surface area contributed by atoms with Crippen LogP contribution in [0.2, 0.25) is 0 Å². The molecule has 3 aromatic rings. The van der Waals surface area contributed by atoms with Crippen molar-refractivity contribution < 1.29 is 4.79 Å². The summed E-state index contributed by atoms with van der Waals surface area (Å²) < 4.78 is 1.79. The molecule has 6 nitrogen and oxygen atoms in total. The molecule has 0 aromatic carbocycles. The number of rotatable bonds is 2. The fourth-order valence-electron chi connectivity index (χ4n) is 4.62. The number of nitrogens with zero attached hydrogens (tertiary/aromatic N) is 4. The molecule has 0 radical (unpaired) electrons. The molecule has 2 aliphatic rings. The van der Waals surface area contributed by atoms with Gasteiger partial charge in [0.25, 0.3) is 5.91 Å². The monoisotopic (exact) mass is 381 g/mol. The minimum Gasteiger partial charge on any atom is -0.331 e. The average molecular weight is 382 g/mol. The van der Waals surface area contributed by atoms with E-state index >= 15 is 0 Å². The van der Waals surface area contributed by atoms with Gasteiger partial charge in [0, 0.05) is 25.7 Å². The Labute approximate surface area is 162 Å².